The summed E-state index contributed by atoms with van der Waals surface area (Å²) in [6.07, 6.45) is 3.50. The molecule has 144 valence electrons. The zero-order valence-electron chi connectivity index (χ0n) is 16.0. The zero-order chi connectivity index (χ0) is 18.7. The van der Waals surface area contributed by atoms with Crippen LogP contribution in [0.3, 0.4) is 0 Å². The molecular formula is C18H29N5O3. The lowest BCUT2D eigenvalue weighted by Gasteiger charge is -2.27. The molecule has 0 aliphatic carbocycles. The zero-order valence-corrected chi connectivity index (χ0v) is 16.0. The van der Waals surface area contributed by atoms with Gasteiger partial charge in [-0.05, 0) is 26.7 Å². The number of likely N-dealkylation sites (tertiary alicyclic amines) is 1. The molecule has 0 radical (unpaired) electrons. The first-order valence-corrected chi connectivity index (χ1v) is 9.45. The molecule has 2 aliphatic rings. The van der Waals surface area contributed by atoms with Gasteiger partial charge in [0.05, 0.1) is 17.9 Å². The van der Waals surface area contributed by atoms with Crippen molar-refractivity contribution in [3.63, 3.8) is 0 Å². The second-order valence-corrected chi connectivity index (χ2v) is 7.07. The molecule has 3 rings (SSSR count). The Hall–Kier alpha value is -2.09. The molecule has 0 aromatic carbocycles. The van der Waals surface area contributed by atoms with E-state index in [2.05, 4.69) is 10.00 Å². The summed E-state index contributed by atoms with van der Waals surface area (Å²) >= 11 is 0. The second-order valence-electron chi connectivity index (χ2n) is 7.07. The molecule has 8 nitrogen and oxygen atoms in total. The van der Waals surface area contributed by atoms with Gasteiger partial charge in [0, 0.05) is 58.6 Å². The molecule has 26 heavy (non-hydrogen) atoms. The van der Waals surface area contributed by atoms with Gasteiger partial charge in [0.15, 0.2) is 0 Å². The smallest absolute Gasteiger partial charge is 0.409 e. The molecule has 0 N–H and O–H groups in total. The highest BCUT2D eigenvalue weighted by Crippen LogP contribution is 2.19. The van der Waals surface area contributed by atoms with Crippen LogP contribution in [0.25, 0.3) is 0 Å². The normalized spacial score (nSPS) is 21.7. The molecular weight excluding hydrogens is 334 g/mol. The van der Waals surface area contributed by atoms with E-state index in [1.807, 2.05) is 25.8 Å². The maximum Gasteiger partial charge on any atom is 0.409 e. The second kappa shape index (κ2) is 8.07. The van der Waals surface area contributed by atoms with Gasteiger partial charge in [-0.1, -0.05) is 0 Å². The minimum Gasteiger partial charge on any atom is -0.450 e. The summed E-state index contributed by atoms with van der Waals surface area (Å²) in [5.74, 6) is 0.0667. The minimum atomic E-state index is -0.214. The van der Waals surface area contributed by atoms with Crippen LogP contribution in [0.1, 0.15) is 35.8 Å². The first-order valence-electron chi connectivity index (χ1n) is 9.45. The van der Waals surface area contributed by atoms with E-state index in [0.29, 0.717) is 31.3 Å². The standard InChI is InChI=1S/C18H29N5O3/c1-4-26-18(25)23-9-6-15(12-23)21-7-5-8-22(11-10-21)17(24)16-13-20(3)19-14(16)2/h13,15H,4-12H2,1-3H3. The first kappa shape index (κ1) is 18.7. The average molecular weight is 363 g/mol. The van der Waals surface area contributed by atoms with Crippen LogP contribution in [-0.2, 0) is 11.8 Å². The minimum absolute atomic E-state index is 0.0667. The Labute approximate surface area is 154 Å². The molecule has 1 atom stereocenters. The number of ether oxygens (including phenoxy) is 1. The number of aryl methyl sites for hydroxylation is 2. The maximum atomic E-state index is 12.8. The molecule has 8 heteroatoms. The fourth-order valence-electron chi connectivity index (χ4n) is 3.91. The molecule has 1 aromatic rings. The molecule has 1 unspecified atom stereocenters. The summed E-state index contributed by atoms with van der Waals surface area (Å²) < 4.78 is 6.79. The summed E-state index contributed by atoms with van der Waals surface area (Å²) in [5, 5.41) is 4.28. The van der Waals surface area contributed by atoms with E-state index in [1.165, 1.54) is 0 Å². The highest BCUT2D eigenvalue weighted by molar-refractivity contribution is 5.95. The molecule has 0 bridgehead atoms. The SMILES string of the molecule is CCOC(=O)N1CCC(N2CCCN(C(=O)c3cn(C)nc3C)CC2)C1. The van der Waals surface area contributed by atoms with Gasteiger partial charge < -0.3 is 14.5 Å². The Morgan fingerprint density at radius 3 is 2.69 bits per heavy atom. The predicted molar refractivity (Wildman–Crippen MR) is 97.0 cm³/mol. The molecule has 0 spiro atoms. The molecule has 2 fully saturated rings. The van der Waals surface area contributed by atoms with Gasteiger partial charge in [-0.15, -0.1) is 0 Å². The highest BCUT2D eigenvalue weighted by Gasteiger charge is 2.32. The van der Waals surface area contributed by atoms with Crippen LogP contribution >= 0.6 is 0 Å². The van der Waals surface area contributed by atoms with E-state index in [0.717, 1.165) is 44.7 Å². The number of carbonyl (C=O) groups excluding carboxylic acids is 2. The predicted octanol–water partition coefficient (Wildman–Crippen LogP) is 1.11. The van der Waals surface area contributed by atoms with Crippen molar-refractivity contribution in [3.05, 3.63) is 17.5 Å². The van der Waals surface area contributed by atoms with Crippen LogP contribution in [-0.4, -0.2) is 88.4 Å². The fourth-order valence-corrected chi connectivity index (χ4v) is 3.91. The summed E-state index contributed by atoms with van der Waals surface area (Å²) in [4.78, 5) is 30.9. The van der Waals surface area contributed by atoms with Crippen molar-refractivity contribution in [2.45, 2.75) is 32.7 Å². The first-order chi connectivity index (χ1) is 12.5. The van der Waals surface area contributed by atoms with Gasteiger partial charge in [-0.25, -0.2) is 4.79 Å². The van der Waals surface area contributed by atoms with Gasteiger partial charge in [0.25, 0.3) is 5.91 Å². The lowest BCUT2D eigenvalue weighted by molar-refractivity contribution is 0.0757. The van der Waals surface area contributed by atoms with Gasteiger partial charge in [0.1, 0.15) is 0 Å². The molecule has 2 aliphatic heterocycles. The number of carbonyl (C=O) groups is 2. The number of nitrogens with zero attached hydrogens (tertiary/aromatic N) is 5. The van der Waals surface area contributed by atoms with E-state index >= 15 is 0 Å². The molecule has 0 saturated carbocycles. The number of hydrogen-bond donors (Lipinski definition) is 0. The van der Waals surface area contributed by atoms with Crippen molar-refractivity contribution in [1.82, 2.24) is 24.5 Å². The Morgan fingerprint density at radius 2 is 2.00 bits per heavy atom. The average Bonchev–Trinajstić information content (AvgIpc) is 3.14. The monoisotopic (exact) mass is 363 g/mol. The van der Waals surface area contributed by atoms with Crippen LogP contribution < -0.4 is 0 Å². The third-order valence-corrected chi connectivity index (χ3v) is 5.27. The van der Waals surface area contributed by atoms with Crippen molar-refractivity contribution in [1.29, 1.82) is 0 Å². The van der Waals surface area contributed by atoms with Gasteiger partial charge in [-0.2, -0.15) is 5.10 Å². The number of aromatic nitrogens is 2. The number of rotatable bonds is 3. The molecule has 3 heterocycles. The maximum absolute atomic E-state index is 12.8. The van der Waals surface area contributed by atoms with Crippen molar-refractivity contribution < 1.29 is 14.3 Å². The third kappa shape index (κ3) is 4.00. The van der Waals surface area contributed by atoms with E-state index in [4.69, 9.17) is 4.74 Å². The molecule has 2 saturated heterocycles. The summed E-state index contributed by atoms with van der Waals surface area (Å²) in [7, 11) is 1.84. The lowest BCUT2D eigenvalue weighted by atomic mass is 10.2. The Morgan fingerprint density at radius 1 is 1.19 bits per heavy atom. The van der Waals surface area contributed by atoms with Gasteiger partial charge in [-0.3, -0.25) is 14.4 Å². The largest absolute Gasteiger partial charge is 0.450 e. The van der Waals surface area contributed by atoms with Crippen molar-refractivity contribution >= 4 is 12.0 Å². The van der Waals surface area contributed by atoms with Gasteiger partial charge >= 0.3 is 6.09 Å². The van der Waals surface area contributed by atoms with E-state index in [-0.39, 0.29) is 12.0 Å². The topological polar surface area (TPSA) is 70.9 Å². The van der Waals surface area contributed by atoms with E-state index in [1.54, 1.807) is 15.8 Å². The summed E-state index contributed by atoms with van der Waals surface area (Å²) in [5.41, 5.74) is 1.47. The van der Waals surface area contributed by atoms with E-state index in [9.17, 15) is 9.59 Å². The van der Waals surface area contributed by atoms with Gasteiger partial charge in [0.2, 0.25) is 0 Å². The molecule has 1 aromatic heterocycles. The van der Waals surface area contributed by atoms with Crippen molar-refractivity contribution in [2.75, 3.05) is 45.9 Å². The van der Waals surface area contributed by atoms with Crippen LogP contribution in [0, 0.1) is 6.92 Å². The van der Waals surface area contributed by atoms with Crippen LogP contribution in [0.5, 0.6) is 0 Å². The van der Waals surface area contributed by atoms with Crippen LogP contribution in [0.15, 0.2) is 6.20 Å². The van der Waals surface area contributed by atoms with Crippen LogP contribution in [0.4, 0.5) is 4.79 Å². The Balaban J connectivity index is 1.56. The summed E-state index contributed by atoms with van der Waals surface area (Å²) in [6.45, 7) is 8.85. The number of amides is 2. The fraction of sp³-hybridized carbons (Fsp3) is 0.722. The Kier molecular flexibility index (Phi) is 5.80. The Bertz CT molecular complexity index is 659. The quantitative estimate of drug-likeness (QED) is 0.804. The third-order valence-electron chi connectivity index (χ3n) is 5.27. The number of hydrogen-bond acceptors (Lipinski definition) is 5. The van der Waals surface area contributed by atoms with Crippen LogP contribution in [0.2, 0.25) is 0 Å². The summed E-state index contributed by atoms with van der Waals surface area (Å²) in [6, 6.07) is 0.356. The molecule has 2 amide bonds. The lowest BCUT2D eigenvalue weighted by Crippen LogP contribution is -2.41. The van der Waals surface area contributed by atoms with Crippen molar-refractivity contribution in [3.8, 4) is 0 Å². The highest BCUT2D eigenvalue weighted by atomic mass is 16.6. The van der Waals surface area contributed by atoms with Crippen molar-refractivity contribution in [2.24, 2.45) is 7.05 Å². The van der Waals surface area contributed by atoms with E-state index < -0.39 is 0 Å².